The molecule has 0 aromatic rings. The van der Waals surface area contributed by atoms with Gasteiger partial charge >= 0.3 is 29.6 Å². The maximum Gasteiger partial charge on any atom is 1.00 e. The molecule has 4 nitrogen and oxygen atoms in total. The quantitative estimate of drug-likeness (QED) is 0.311. The number of carbonyl (C=O) groups is 2. The van der Waals surface area contributed by atoms with Crippen LogP contribution in [0, 0.1) is 0 Å². The van der Waals surface area contributed by atoms with Crippen LogP contribution in [0.1, 0.15) is 12.8 Å². The Balaban J connectivity index is 0.00000112. The van der Waals surface area contributed by atoms with Gasteiger partial charge in [-0.05, 0) is 17.9 Å². The molecule has 0 bridgehead atoms. The molecular formula is C9H12NNaO3S. The zero-order valence-corrected chi connectivity index (χ0v) is 11.6. The Labute approximate surface area is 113 Å². The minimum absolute atomic E-state index is 0. The van der Waals surface area contributed by atoms with Crippen molar-refractivity contribution in [2.45, 2.75) is 18.2 Å². The van der Waals surface area contributed by atoms with Crippen LogP contribution in [0.2, 0.25) is 0 Å². The van der Waals surface area contributed by atoms with Crippen molar-refractivity contribution in [3.63, 3.8) is 0 Å². The molecule has 2 heterocycles. The number of hydrogen-bond acceptors (Lipinski definition) is 3. The summed E-state index contributed by atoms with van der Waals surface area (Å²) < 4.78 is 0. The molecule has 0 aromatic heterocycles. The molecule has 2 rings (SSSR count). The number of carboxylic acid groups (broad SMARTS) is 1. The fourth-order valence-electron chi connectivity index (χ4n) is 1.79. The summed E-state index contributed by atoms with van der Waals surface area (Å²) in [5, 5.41) is 10.6. The van der Waals surface area contributed by atoms with E-state index in [1.54, 1.807) is 4.90 Å². The van der Waals surface area contributed by atoms with Crippen molar-refractivity contribution < 1.29 is 44.3 Å². The van der Waals surface area contributed by atoms with Gasteiger partial charge in [-0.25, -0.2) is 10.9 Å². The van der Waals surface area contributed by atoms with Gasteiger partial charge in [-0.3, -0.25) is 4.79 Å². The van der Waals surface area contributed by atoms with Gasteiger partial charge in [-0.15, -0.1) is 0 Å². The number of carboxylic acids is 1. The predicted molar refractivity (Wildman–Crippen MR) is 52.7 cm³/mol. The molecule has 2 aliphatic rings. The van der Waals surface area contributed by atoms with Crippen LogP contribution in [-0.4, -0.2) is 33.7 Å². The number of nitrogens with zero attached hydrogens (tertiary/aromatic N) is 1. The number of amides is 1. The van der Waals surface area contributed by atoms with Gasteiger partial charge in [0, 0.05) is 12.2 Å². The monoisotopic (exact) mass is 237 g/mol. The summed E-state index contributed by atoms with van der Waals surface area (Å²) in [7, 11) is -0.347. The molecule has 1 saturated heterocycles. The van der Waals surface area contributed by atoms with Gasteiger partial charge in [-0.2, -0.15) is 0 Å². The summed E-state index contributed by atoms with van der Waals surface area (Å²) in [6, 6.07) is 0. The number of hydrogen-bond donors (Lipinski definition) is 1. The maximum atomic E-state index is 11.1. The Morgan fingerprint density at radius 2 is 2.40 bits per heavy atom. The van der Waals surface area contributed by atoms with Gasteiger partial charge in [0.25, 0.3) is 0 Å². The van der Waals surface area contributed by atoms with Crippen LogP contribution in [0.15, 0.2) is 12.3 Å². The minimum atomic E-state index is -0.987. The van der Waals surface area contributed by atoms with E-state index in [0.717, 1.165) is 5.75 Å². The minimum Gasteiger partial charge on any atom is -0.550 e. The third-order valence-electron chi connectivity index (χ3n) is 2.60. The number of carbonyl (C=O) groups excluding carboxylic acids is 2. The first kappa shape index (κ1) is 13.1. The van der Waals surface area contributed by atoms with Crippen LogP contribution in [-0.2, 0) is 9.59 Å². The van der Waals surface area contributed by atoms with E-state index in [1.807, 2.05) is 12.3 Å². The molecule has 0 aliphatic carbocycles. The first-order valence-corrected chi connectivity index (χ1v) is 6.38. The molecule has 0 radical (unpaired) electrons. The summed E-state index contributed by atoms with van der Waals surface area (Å²) in [4.78, 5) is 23.2. The average molecular weight is 237 g/mol. The molecule has 1 fully saturated rings. The molecule has 0 saturated carbocycles. The zero-order valence-electron chi connectivity index (χ0n) is 8.68. The largest absolute Gasteiger partial charge is 1.00 e. The van der Waals surface area contributed by atoms with Crippen LogP contribution in [0.5, 0.6) is 0 Å². The molecule has 15 heavy (non-hydrogen) atoms. The fraction of sp³-hybridized carbons (Fsp3) is 0.556. The Morgan fingerprint density at radius 1 is 1.67 bits per heavy atom. The molecule has 6 heteroatoms. The van der Waals surface area contributed by atoms with Gasteiger partial charge in [0.1, 0.15) is 0 Å². The number of aliphatic carboxylic acids is 1. The van der Waals surface area contributed by atoms with Crippen molar-refractivity contribution in [1.29, 1.82) is 0 Å². The topological polar surface area (TPSA) is 60.4 Å². The van der Waals surface area contributed by atoms with E-state index in [1.165, 1.54) is 0 Å². The van der Waals surface area contributed by atoms with Gasteiger partial charge in [0.2, 0.25) is 5.91 Å². The van der Waals surface area contributed by atoms with E-state index in [9.17, 15) is 14.7 Å². The summed E-state index contributed by atoms with van der Waals surface area (Å²) in [5.41, 5.74) is 0. The Kier molecular flexibility index (Phi) is 4.70. The molecule has 0 aromatic carbocycles. The second-order valence-electron chi connectivity index (χ2n) is 3.49. The Bertz CT molecular complexity index is 308. The summed E-state index contributed by atoms with van der Waals surface area (Å²) in [6.07, 6.45) is 4.52. The van der Waals surface area contributed by atoms with Gasteiger partial charge in [-0.1, -0.05) is 6.08 Å². The molecule has 2 unspecified atom stereocenters. The van der Waals surface area contributed by atoms with Crippen molar-refractivity contribution >= 4 is 22.8 Å². The summed E-state index contributed by atoms with van der Waals surface area (Å²) in [6.45, 7) is 0. The number of thiol groups is 1. The predicted octanol–water partition coefficient (Wildman–Crippen LogP) is -3.78. The molecule has 1 amide bonds. The Morgan fingerprint density at radius 3 is 3.00 bits per heavy atom. The van der Waals surface area contributed by atoms with Crippen LogP contribution >= 0.6 is 10.9 Å². The van der Waals surface area contributed by atoms with Crippen LogP contribution in [0.25, 0.3) is 0 Å². The average Bonchev–Trinajstić information content (AvgIpc) is 2.14. The molecule has 0 N–H and O–H groups in total. The molecule has 0 spiro atoms. The standard InChI is InChI=1S/C9H13NO3S.Na/c11-7-6-8-10(7)3-1-4-14(8)5-2-9(12)13;/h1,3,8,14H,2,4-6H2,(H,12,13);/q;+1/p-1. The first-order valence-electron chi connectivity index (χ1n) is 4.60. The SMILES string of the molecule is O=C([O-])CC[SH]1CC=CN2C(=O)CC21.[Na+]. The van der Waals surface area contributed by atoms with E-state index >= 15 is 0 Å². The van der Waals surface area contributed by atoms with Crippen LogP contribution < -0.4 is 34.7 Å². The van der Waals surface area contributed by atoms with Crippen LogP contribution in [0.3, 0.4) is 0 Å². The molecule has 2 aliphatic heterocycles. The number of rotatable bonds is 3. The fourth-order valence-corrected chi connectivity index (χ4v) is 4.33. The molecule has 2 atom stereocenters. The third kappa shape index (κ3) is 2.78. The number of fused-ring (bicyclic) bond motifs is 1. The second-order valence-corrected chi connectivity index (χ2v) is 6.07. The number of β-lactam (4-membered cyclic amide) rings is 1. The van der Waals surface area contributed by atoms with Crippen molar-refractivity contribution in [3.05, 3.63) is 12.3 Å². The third-order valence-corrected chi connectivity index (χ3v) is 5.35. The smallest absolute Gasteiger partial charge is 0.550 e. The van der Waals surface area contributed by atoms with Gasteiger partial charge < -0.3 is 14.8 Å². The van der Waals surface area contributed by atoms with Crippen molar-refractivity contribution in [1.82, 2.24) is 4.90 Å². The van der Waals surface area contributed by atoms with Crippen molar-refractivity contribution in [2.24, 2.45) is 0 Å². The van der Waals surface area contributed by atoms with E-state index in [0.29, 0.717) is 17.5 Å². The first-order chi connectivity index (χ1) is 6.68. The van der Waals surface area contributed by atoms with Gasteiger partial charge in [0.15, 0.2) is 0 Å². The van der Waals surface area contributed by atoms with E-state index in [2.05, 4.69) is 0 Å². The molecule has 78 valence electrons. The van der Waals surface area contributed by atoms with Gasteiger partial charge in [0.05, 0.1) is 11.8 Å². The maximum absolute atomic E-state index is 11.1. The van der Waals surface area contributed by atoms with E-state index < -0.39 is 5.97 Å². The summed E-state index contributed by atoms with van der Waals surface area (Å²) >= 11 is 0. The van der Waals surface area contributed by atoms with Crippen LogP contribution in [0.4, 0.5) is 0 Å². The van der Waals surface area contributed by atoms with E-state index in [4.69, 9.17) is 0 Å². The normalized spacial score (nSPS) is 30.1. The Hall–Kier alpha value is 0.0300. The van der Waals surface area contributed by atoms with Crippen molar-refractivity contribution in [3.8, 4) is 0 Å². The zero-order chi connectivity index (χ0) is 10.1. The molecular weight excluding hydrogens is 225 g/mol. The summed E-state index contributed by atoms with van der Waals surface area (Å²) in [5.74, 6) is 0.791. The van der Waals surface area contributed by atoms with E-state index in [-0.39, 0.29) is 52.8 Å². The van der Waals surface area contributed by atoms with Crippen molar-refractivity contribution in [2.75, 3.05) is 11.5 Å². The second kappa shape index (κ2) is 5.39.